The van der Waals surface area contributed by atoms with E-state index in [-0.39, 0.29) is 11.6 Å². The van der Waals surface area contributed by atoms with E-state index in [1.807, 2.05) is 44.2 Å². The number of amides is 1. The Labute approximate surface area is 165 Å². The third-order valence-electron chi connectivity index (χ3n) is 4.54. The Bertz CT molecular complexity index is 1030. The molecule has 144 valence electrons. The van der Waals surface area contributed by atoms with Crippen molar-refractivity contribution >= 4 is 23.1 Å². The van der Waals surface area contributed by atoms with E-state index in [0.29, 0.717) is 23.1 Å². The molecule has 28 heavy (non-hydrogen) atoms. The molecule has 0 bridgehead atoms. The van der Waals surface area contributed by atoms with E-state index < -0.39 is 0 Å². The second kappa shape index (κ2) is 8.08. The maximum atomic E-state index is 12.8. The molecule has 3 rings (SSSR count). The molecule has 3 aromatic rings. The Morgan fingerprint density at radius 2 is 1.75 bits per heavy atom. The molecular weight excluding hydrogens is 352 g/mol. The zero-order valence-corrected chi connectivity index (χ0v) is 16.8. The Hall–Kier alpha value is -3.41. The van der Waals surface area contributed by atoms with Crippen molar-refractivity contribution in [2.75, 3.05) is 17.7 Å². The van der Waals surface area contributed by atoms with Crippen molar-refractivity contribution in [1.29, 1.82) is 0 Å². The van der Waals surface area contributed by atoms with Crippen LogP contribution in [0.25, 0.3) is 0 Å². The van der Waals surface area contributed by atoms with Gasteiger partial charge in [-0.2, -0.15) is 0 Å². The molecule has 1 heterocycles. The maximum Gasteiger partial charge on any atom is 0.274 e. The number of aromatic nitrogens is 2. The van der Waals surface area contributed by atoms with E-state index in [1.54, 1.807) is 20.1 Å². The number of carbonyl (C=O) groups is 1. The van der Waals surface area contributed by atoms with Crippen LogP contribution in [0.5, 0.6) is 5.75 Å². The summed E-state index contributed by atoms with van der Waals surface area (Å²) in [5.41, 5.74) is 5.17. The Morgan fingerprint density at radius 3 is 2.50 bits per heavy atom. The van der Waals surface area contributed by atoms with Gasteiger partial charge in [-0.1, -0.05) is 18.2 Å². The highest BCUT2D eigenvalue weighted by Crippen LogP contribution is 2.26. The summed E-state index contributed by atoms with van der Waals surface area (Å²) in [6, 6.07) is 13.3. The first-order chi connectivity index (χ1) is 13.4. The van der Waals surface area contributed by atoms with Gasteiger partial charge in [0.2, 0.25) is 0 Å². The smallest absolute Gasteiger partial charge is 0.274 e. The zero-order chi connectivity index (χ0) is 20.3. The normalized spacial score (nSPS) is 10.5. The van der Waals surface area contributed by atoms with Gasteiger partial charge in [0.05, 0.1) is 12.8 Å². The van der Waals surface area contributed by atoms with Gasteiger partial charge in [-0.25, -0.2) is 9.97 Å². The Balaban J connectivity index is 1.88. The van der Waals surface area contributed by atoms with Crippen molar-refractivity contribution in [3.8, 4) is 5.75 Å². The van der Waals surface area contributed by atoms with Crippen LogP contribution < -0.4 is 15.4 Å². The standard InChI is InChI=1S/C22H24N4O2/c1-13-9-10-20(28-5)18(11-13)26-22(27)19-12-21(24-16(4)23-19)25-17-8-6-7-14(2)15(17)3/h6-12H,1-5H3,(H,26,27)(H,23,24,25). The van der Waals surface area contributed by atoms with Crippen molar-refractivity contribution in [3.63, 3.8) is 0 Å². The number of nitrogens with zero attached hydrogens (tertiary/aromatic N) is 2. The van der Waals surface area contributed by atoms with Gasteiger partial charge in [0.1, 0.15) is 23.1 Å². The summed E-state index contributed by atoms with van der Waals surface area (Å²) >= 11 is 0. The molecular formula is C22H24N4O2. The summed E-state index contributed by atoms with van der Waals surface area (Å²) in [4.78, 5) is 21.5. The summed E-state index contributed by atoms with van der Waals surface area (Å²) in [7, 11) is 1.57. The molecule has 0 aliphatic carbocycles. The van der Waals surface area contributed by atoms with Crippen LogP contribution in [0.15, 0.2) is 42.5 Å². The van der Waals surface area contributed by atoms with E-state index in [9.17, 15) is 4.79 Å². The first-order valence-electron chi connectivity index (χ1n) is 9.02. The van der Waals surface area contributed by atoms with Crippen LogP contribution in [0, 0.1) is 27.7 Å². The number of hydrogen-bond acceptors (Lipinski definition) is 5. The summed E-state index contributed by atoms with van der Waals surface area (Å²) < 4.78 is 5.33. The van der Waals surface area contributed by atoms with Gasteiger partial charge in [-0.3, -0.25) is 4.79 Å². The zero-order valence-electron chi connectivity index (χ0n) is 16.8. The number of ether oxygens (including phenoxy) is 1. The van der Waals surface area contributed by atoms with Gasteiger partial charge in [0.15, 0.2) is 0 Å². The molecule has 0 aliphatic heterocycles. The highest BCUT2D eigenvalue weighted by molar-refractivity contribution is 6.04. The van der Waals surface area contributed by atoms with Crippen LogP contribution in [-0.2, 0) is 0 Å². The molecule has 6 heteroatoms. The molecule has 0 unspecified atom stereocenters. The number of carbonyl (C=O) groups excluding carboxylic acids is 1. The van der Waals surface area contributed by atoms with Crippen molar-refractivity contribution in [2.24, 2.45) is 0 Å². The van der Waals surface area contributed by atoms with Gasteiger partial charge in [-0.15, -0.1) is 0 Å². The summed E-state index contributed by atoms with van der Waals surface area (Å²) in [5, 5.41) is 6.16. The first kappa shape index (κ1) is 19.4. The maximum absolute atomic E-state index is 12.8. The largest absolute Gasteiger partial charge is 0.495 e. The number of rotatable bonds is 5. The lowest BCUT2D eigenvalue weighted by molar-refractivity contribution is 0.102. The number of hydrogen-bond donors (Lipinski definition) is 2. The number of anilines is 3. The predicted octanol–water partition coefficient (Wildman–Crippen LogP) is 4.71. The first-order valence-corrected chi connectivity index (χ1v) is 9.02. The van der Waals surface area contributed by atoms with E-state index in [1.165, 1.54) is 5.56 Å². The van der Waals surface area contributed by atoms with Crippen LogP contribution in [0.1, 0.15) is 33.0 Å². The van der Waals surface area contributed by atoms with Crippen molar-refractivity contribution in [1.82, 2.24) is 9.97 Å². The minimum absolute atomic E-state index is 0.281. The number of aryl methyl sites for hydroxylation is 3. The van der Waals surface area contributed by atoms with Gasteiger partial charge in [0.25, 0.3) is 5.91 Å². The average molecular weight is 376 g/mol. The fraction of sp³-hybridized carbons (Fsp3) is 0.227. The lowest BCUT2D eigenvalue weighted by Crippen LogP contribution is -2.16. The molecule has 1 amide bonds. The predicted molar refractivity (Wildman–Crippen MR) is 112 cm³/mol. The van der Waals surface area contributed by atoms with Crippen LogP contribution in [0.4, 0.5) is 17.2 Å². The third-order valence-corrected chi connectivity index (χ3v) is 4.54. The van der Waals surface area contributed by atoms with Crippen LogP contribution in [0.3, 0.4) is 0 Å². The Kier molecular flexibility index (Phi) is 5.59. The number of benzene rings is 2. The minimum Gasteiger partial charge on any atom is -0.495 e. The van der Waals surface area contributed by atoms with Gasteiger partial charge < -0.3 is 15.4 Å². The molecule has 0 saturated heterocycles. The van der Waals surface area contributed by atoms with Gasteiger partial charge in [0, 0.05) is 11.8 Å². The highest BCUT2D eigenvalue weighted by Gasteiger charge is 2.14. The fourth-order valence-electron chi connectivity index (χ4n) is 2.88. The number of methoxy groups -OCH3 is 1. The quantitative estimate of drug-likeness (QED) is 0.674. The topological polar surface area (TPSA) is 76.1 Å². The van der Waals surface area contributed by atoms with E-state index in [4.69, 9.17) is 4.74 Å². The third kappa shape index (κ3) is 4.28. The Morgan fingerprint density at radius 1 is 0.964 bits per heavy atom. The second-order valence-corrected chi connectivity index (χ2v) is 6.72. The van der Waals surface area contributed by atoms with Crippen LogP contribution in [0.2, 0.25) is 0 Å². The summed E-state index contributed by atoms with van der Waals surface area (Å²) in [5.74, 6) is 1.36. The highest BCUT2D eigenvalue weighted by atomic mass is 16.5. The second-order valence-electron chi connectivity index (χ2n) is 6.72. The summed E-state index contributed by atoms with van der Waals surface area (Å²) in [6.45, 7) is 7.82. The SMILES string of the molecule is COc1ccc(C)cc1NC(=O)c1cc(Nc2cccc(C)c2C)nc(C)n1. The van der Waals surface area contributed by atoms with Crippen molar-refractivity contribution in [2.45, 2.75) is 27.7 Å². The van der Waals surface area contributed by atoms with Gasteiger partial charge in [-0.05, 0) is 62.6 Å². The minimum atomic E-state index is -0.321. The van der Waals surface area contributed by atoms with E-state index in [0.717, 1.165) is 16.8 Å². The molecule has 0 atom stereocenters. The van der Waals surface area contributed by atoms with E-state index >= 15 is 0 Å². The molecule has 6 nitrogen and oxygen atoms in total. The molecule has 0 spiro atoms. The molecule has 0 fully saturated rings. The monoisotopic (exact) mass is 376 g/mol. The van der Waals surface area contributed by atoms with Crippen molar-refractivity contribution in [3.05, 3.63) is 70.7 Å². The lowest BCUT2D eigenvalue weighted by atomic mass is 10.1. The summed E-state index contributed by atoms with van der Waals surface area (Å²) in [6.07, 6.45) is 0. The van der Waals surface area contributed by atoms with Crippen molar-refractivity contribution < 1.29 is 9.53 Å². The average Bonchev–Trinajstić information content (AvgIpc) is 2.65. The van der Waals surface area contributed by atoms with E-state index in [2.05, 4.69) is 33.6 Å². The molecule has 2 N–H and O–H groups in total. The molecule has 0 radical (unpaired) electrons. The van der Waals surface area contributed by atoms with Crippen LogP contribution in [-0.4, -0.2) is 23.0 Å². The lowest BCUT2D eigenvalue weighted by Gasteiger charge is -2.13. The molecule has 0 saturated carbocycles. The van der Waals surface area contributed by atoms with Gasteiger partial charge >= 0.3 is 0 Å². The molecule has 2 aromatic carbocycles. The fourth-order valence-corrected chi connectivity index (χ4v) is 2.88. The number of nitrogens with one attached hydrogen (secondary N) is 2. The van der Waals surface area contributed by atoms with Crippen LogP contribution >= 0.6 is 0 Å². The molecule has 1 aromatic heterocycles. The molecule has 0 aliphatic rings.